The monoisotopic (exact) mass is 234 g/mol. The minimum Gasteiger partial charge on any atom is -0.351 e. The molecule has 0 aliphatic heterocycles. The second-order valence-corrected chi connectivity index (χ2v) is 4.83. The quantitative estimate of drug-likeness (QED) is 0.783. The van der Waals surface area contributed by atoms with E-state index in [0.29, 0.717) is 13.0 Å². The normalized spacial score (nSPS) is 30.5. The first-order valence-electron chi connectivity index (χ1n) is 5.57. The van der Waals surface area contributed by atoms with Gasteiger partial charge in [0.2, 0.25) is 5.91 Å². The van der Waals surface area contributed by atoms with Crippen LogP contribution < -0.4 is 11.1 Å². The van der Waals surface area contributed by atoms with E-state index < -0.39 is 0 Å². The Labute approximate surface area is 98.6 Å². The number of halogens is 1. The minimum absolute atomic E-state index is 0. The first kappa shape index (κ1) is 14.7. The second-order valence-electron chi connectivity index (χ2n) is 4.83. The molecule has 0 aromatic carbocycles. The van der Waals surface area contributed by atoms with Gasteiger partial charge in [-0.25, -0.2) is 0 Å². The van der Waals surface area contributed by atoms with Crippen LogP contribution in [-0.2, 0) is 4.79 Å². The van der Waals surface area contributed by atoms with Crippen LogP contribution in [0.5, 0.6) is 0 Å². The van der Waals surface area contributed by atoms with Gasteiger partial charge in [-0.3, -0.25) is 4.79 Å². The summed E-state index contributed by atoms with van der Waals surface area (Å²) in [5.41, 5.74) is 5.37. The molecular weight excluding hydrogens is 212 g/mol. The molecule has 4 heteroatoms. The molecule has 0 spiro atoms. The highest BCUT2D eigenvalue weighted by molar-refractivity contribution is 5.85. The molecule has 0 aromatic heterocycles. The van der Waals surface area contributed by atoms with E-state index in [2.05, 4.69) is 19.2 Å². The van der Waals surface area contributed by atoms with Crippen molar-refractivity contribution in [2.24, 2.45) is 11.7 Å². The Hall–Kier alpha value is -0.280. The number of carbonyl (C=O) groups is 1. The maximum absolute atomic E-state index is 11.4. The van der Waals surface area contributed by atoms with Gasteiger partial charge in [0.15, 0.2) is 0 Å². The van der Waals surface area contributed by atoms with Gasteiger partial charge in [0, 0.05) is 18.5 Å². The van der Waals surface area contributed by atoms with E-state index in [-0.39, 0.29) is 23.9 Å². The number of nitrogens with two attached hydrogens (primary N) is 1. The third kappa shape index (κ3) is 4.85. The van der Waals surface area contributed by atoms with Crippen LogP contribution in [0.3, 0.4) is 0 Å². The molecule has 1 aliphatic carbocycles. The Kier molecular flexibility index (Phi) is 6.22. The first-order valence-corrected chi connectivity index (χ1v) is 5.57. The van der Waals surface area contributed by atoms with Gasteiger partial charge in [0.25, 0.3) is 0 Å². The van der Waals surface area contributed by atoms with Gasteiger partial charge >= 0.3 is 0 Å². The smallest absolute Gasteiger partial charge is 0.221 e. The Balaban J connectivity index is 0.00000196. The van der Waals surface area contributed by atoms with Gasteiger partial charge < -0.3 is 11.1 Å². The molecule has 90 valence electrons. The summed E-state index contributed by atoms with van der Waals surface area (Å²) in [5.74, 6) is 0.916. The molecule has 0 unspecified atom stereocenters. The third-order valence-corrected chi connectivity index (χ3v) is 3.19. The molecule has 0 radical (unpaired) electrons. The van der Waals surface area contributed by atoms with Crippen molar-refractivity contribution in [2.75, 3.05) is 6.54 Å². The van der Waals surface area contributed by atoms with Gasteiger partial charge in [0.05, 0.1) is 0 Å². The molecule has 1 aliphatic rings. The Bertz CT molecular complexity index is 201. The summed E-state index contributed by atoms with van der Waals surface area (Å²) in [6.07, 6.45) is 5.10. The van der Waals surface area contributed by atoms with Crippen LogP contribution in [0.25, 0.3) is 0 Å². The van der Waals surface area contributed by atoms with E-state index in [0.717, 1.165) is 18.8 Å². The zero-order chi connectivity index (χ0) is 10.6. The molecule has 0 aromatic rings. The number of nitrogens with one attached hydrogen (secondary N) is 1. The standard InChI is InChI=1S/C11H22N2O.ClH/c1-9-3-6-11(2,7-4-9)13-10(14)5-8-12;/h9H,3-8,12H2,1-2H3,(H,13,14);1H. The fraction of sp³-hybridized carbons (Fsp3) is 0.909. The van der Waals surface area contributed by atoms with Crippen molar-refractivity contribution in [3.63, 3.8) is 0 Å². The summed E-state index contributed by atoms with van der Waals surface area (Å²) >= 11 is 0. The fourth-order valence-corrected chi connectivity index (χ4v) is 2.05. The zero-order valence-electron chi connectivity index (χ0n) is 9.71. The lowest BCUT2D eigenvalue weighted by Gasteiger charge is -2.37. The third-order valence-electron chi connectivity index (χ3n) is 3.19. The van der Waals surface area contributed by atoms with E-state index in [1.54, 1.807) is 0 Å². The van der Waals surface area contributed by atoms with Crippen LogP contribution >= 0.6 is 12.4 Å². The topological polar surface area (TPSA) is 55.1 Å². The summed E-state index contributed by atoms with van der Waals surface area (Å²) in [5, 5.41) is 3.10. The van der Waals surface area contributed by atoms with Crippen LogP contribution in [0.4, 0.5) is 0 Å². The van der Waals surface area contributed by atoms with Gasteiger partial charge in [0.1, 0.15) is 0 Å². The van der Waals surface area contributed by atoms with E-state index in [4.69, 9.17) is 5.73 Å². The molecule has 1 amide bonds. The molecule has 1 rings (SSSR count). The number of carbonyl (C=O) groups excluding carboxylic acids is 1. The predicted molar refractivity (Wildman–Crippen MR) is 65.1 cm³/mol. The summed E-state index contributed by atoms with van der Waals surface area (Å²) in [7, 11) is 0. The van der Waals surface area contributed by atoms with Crippen molar-refractivity contribution in [3.05, 3.63) is 0 Å². The summed E-state index contributed by atoms with van der Waals surface area (Å²) < 4.78 is 0. The van der Waals surface area contributed by atoms with Crippen LogP contribution in [0.2, 0.25) is 0 Å². The number of amides is 1. The average molecular weight is 235 g/mol. The van der Waals surface area contributed by atoms with Gasteiger partial charge in [-0.1, -0.05) is 6.92 Å². The molecule has 1 fully saturated rings. The summed E-state index contributed by atoms with van der Waals surface area (Å²) in [4.78, 5) is 11.4. The van der Waals surface area contributed by atoms with Gasteiger partial charge in [-0.2, -0.15) is 0 Å². The van der Waals surface area contributed by atoms with Crippen molar-refractivity contribution in [1.82, 2.24) is 5.32 Å². The van der Waals surface area contributed by atoms with Crippen LogP contribution in [0.15, 0.2) is 0 Å². The van der Waals surface area contributed by atoms with Crippen molar-refractivity contribution in [3.8, 4) is 0 Å². The van der Waals surface area contributed by atoms with Gasteiger partial charge in [-0.05, 0) is 38.5 Å². The Morgan fingerprint density at radius 2 is 2.00 bits per heavy atom. The summed E-state index contributed by atoms with van der Waals surface area (Å²) in [6.45, 7) is 4.87. The van der Waals surface area contributed by atoms with Crippen molar-refractivity contribution in [2.45, 2.75) is 51.5 Å². The zero-order valence-corrected chi connectivity index (χ0v) is 10.5. The fourth-order valence-electron chi connectivity index (χ4n) is 2.05. The highest BCUT2D eigenvalue weighted by Crippen LogP contribution is 2.31. The predicted octanol–water partition coefficient (Wildman–Crippen LogP) is 1.84. The maximum Gasteiger partial charge on any atom is 0.221 e. The highest BCUT2D eigenvalue weighted by Gasteiger charge is 2.30. The lowest BCUT2D eigenvalue weighted by molar-refractivity contribution is -0.123. The lowest BCUT2D eigenvalue weighted by Crippen LogP contribution is -2.48. The Morgan fingerprint density at radius 1 is 1.47 bits per heavy atom. The van der Waals surface area contributed by atoms with Crippen molar-refractivity contribution >= 4 is 18.3 Å². The van der Waals surface area contributed by atoms with Crippen LogP contribution in [0, 0.1) is 5.92 Å². The number of rotatable bonds is 3. The number of hydrogen-bond donors (Lipinski definition) is 2. The number of hydrogen-bond acceptors (Lipinski definition) is 2. The largest absolute Gasteiger partial charge is 0.351 e. The van der Waals surface area contributed by atoms with E-state index in [9.17, 15) is 4.79 Å². The molecule has 0 atom stereocenters. The highest BCUT2D eigenvalue weighted by atomic mass is 35.5. The summed E-state index contributed by atoms with van der Waals surface area (Å²) in [6, 6.07) is 0. The molecule has 1 saturated carbocycles. The van der Waals surface area contributed by atoms with Gasteiger partial charge in [-0.15, -0.1) is 12.4 Å². The Morgan fingerprint density at radius 3 is 2.47 bits per heavy atom. The van der Waals surface area contributed by atoms with E-state index in [1.807, 2.05) is 0 Å². The van der Waals surface area contributed by atoms with E-state index >= 15 is 0 Å². The molecule has 0 saturated heterocycles. The van der Waals surface area contributed by atoms with E-state index in [1.165, 1.54) is 12.8 Å². The van der Waals surface area contributed by atoms with Crippen LogP contribution in [-0.4, -0.2) is 18.0 Å². The van der Waals surface area contributed by atoms with Crippen LogP contribution in [0.1, 0.15) is 46.0 Å². The minimum atomic E-state index is 0. The maximum atomic E-state index is 11.4. The molecule has 15 heavy (non-hydrogen) atoms. The van der Waals surface area contributed by atoms with Crippen molar-refractivity contribution < 1.29 is 4.79 Å². The molecule has 3 N–H and O–H groups in total. The first-order chi connectivity index (χ1) is 6.56. The average Bonchev–Trinajstić information content (AvgIpc) is 2.11. The SMILES string of the molecule is CC1CCC(C)(NC(=O)CCN)CC1.Cl. The lowest BCUT2D eigenvalue weighted by atomic mass is 9.78. The molecule has 0 heterocycles. The van der Waals surface area contributed by atoms with Crippen molar-refractivity contribution in [1.29, 1.82) is 0 Å². The molecule has 0 bridgehead atoms. The molecular formula is C11H23ClN2O. The molecule has 3 nitrogen and oxygen atoms in total. The second kappa shape index (κ2) is 6.33.